The Balaban J connectivity index is 1.37. The van der Waals surface area contributed by atoms with Crippen LogP contribution in [0.2, 0.25) is 5.02 Å². The van der Waals surface area contributed by atoms with Crippen molar-refractivity contribution >= 4 is 29.1 Å². The molecule has 0 unspecified atom stereocenters. The third kappa shape index (κ3) is 6.20. The lowest BCUT2D eigenvalue weighted by atomic mass is 10.2. The molecule has 0 saturated carbocycles. The molecule has 11 heteroatoms. The third-order valence-electron chi connectivity index (χ3n) is 5.08. The van der Waals surface area contributed by atoms with E-state index >= 15 is 0 Å². The first kappa shape index (κ1) is 24.7. The zero-order valence-electron chi connectivity index (χ0n) is 18.8. The number of H-pyrrole nitrogens is 1. The van der Waals surface area contributed by atoms with Crippen molar-refractivity contribution in [3.8, 4) is 17.2 Å². The van der Waals surface area contributed by atoms with Crippen LogP contribution in [-0.4, -0.2) is 37.9 Å². The smallest absolute Gasteiger partial charge is 0.387 e. The van der Waals surface area contributed by atoms with E-state index in [1.807, 2.05) is 24.5 Å². The summed E-state index contributed by atoms with van der Waals surface area (Å²) in [4.78, 5) is 17.3. The number of aryl methyl sites for hydroxylation is 1. The number of carbonyl (C=O) groups excluding carboxylic acids is 1. The van der Waals surface area contributed by atoms with Crippen LogP contribution >= 0.6 is 23.4 Å². The van der Waals surface area contributed by atoms with Crippen molar-refractivity contribution in [3.63, 3.8) is 0 Å². The molecule has 0 bridgehead atoms. The largest absolute Gasteiger partial charge is 0.486 e. The second-order valence-electron chi connectivity index (χ2n) is 7.51. The van der Waals surface area contributed by atoms with Crippen LogP contribution in [-0.2, 0) is 6.61 Å². The predicted molar refractivity (Wildman–Crippen MR) is 129 cm³/mol. The molecular weight excluding hydrogens is 498 g/mol. The molecule has 2 aromatic heterocycles. The van der Waals surface area contributed by atoms with E-state index < -0.39 is 6.61 Å². The minimum atomic E-state index is -2.88. The van der Waals surface area contributed by atoms with Crippen molar-refractivity contribution < 1.29 is 23.0 Å². The summed E-state index contributed by atoms with van der Waals surface area (Å²) in [5.74, 6) is 1.34. The van der Waals surface area contributed by atoms with Crippen molar-refractivity contribution in [2.75, 3.05) is 5.75 Å². The van der Waals surface area contributed by atoms with Gasteiger partial charge < -0.3 is 14.0 Å². The molecule has 4 rings (SSSR count). The Morgan fingerprint density at radius 3 is 2.49 bits per heavy atom. The Hall–Kier alpha value is -3.37. The Labute approximate surface area is 209 Å². The summed E-state index contributed by atoms with van der Waals surface area (Å²) in [5, 5.41) is 8.01. The molecule has 0 aliphatic rings. The minimum Gasteiger partial charge on any atom is -0.486 e. The fraction of sp³-hybridized carbons (Fsp3) is 0.208. The Kier molecular flexibility index (Phi) is 7.72. The molecule has 0 aliphatic heterocycles. The molecule has 0 fully saturated rings. The maximum absolute atomic E-state index is 12.9. The minimum absolute atomic E-state index is 0.0725. The Bertz CT molecular complexity index is 1310. The summed E-state index contributed by atoms with van der Waals surface area (Å²) in [7, 11) is 0. The number of halogens is 3. The van der Waals surface area contributed by atoms with E-state index in [0.717, 1.165) is 17.1 Å². The molecule has 182 valence electrons. The van der Waals surface area contributed by atoms with Gasteiger partial charge in [-0.3, -0.25) is 9.89 Å². The van der Waals surface area contributed by atoms with Gasteiger partial charge in [-0.15, -0.1) is 5.10 Å². The summed E-state index contributed by atoms with van der Waals surface area (Å²) < 4.78 is 36.7. The van der Waals surface area contributed by atoms with Crippen LogP contribution in [0, 0.1) is 13.8 Å². The first-order valence-corrected chi connectivity index (χ1v) is 11.9. The zero-order valence-corrected chi connectivity index (χ0v) is 20.4. The topological polar surface area (TPSA) is 82.0 Å². The fourth-order valence-electron chi connectivity index (χ4n) is 3.52. The summed E-state index contributed by atoms with van der Waals surface area (Å²) in [5.41, 5.74) is 2.91. The van der Waals surface area contributed by atoms with Crippen molar-refractivity contribution in [1.29, 1.82) is 0 Å². The lowest BCUT2D eigenvalue weighted by Gasteiger charge is -2.11. The van der Waals surface area contributed by atoms with Gasteiger partial charge >= 0.3 is 6.61 Å². The van der Waals surface area contributed by atoms with Crippen molar-refractivity contribution in [1.82, 2.24) is 19.7 Å². The molecule has 2 aromatic carbocycles. The number of hydrogen-bond donors (Lipinski definition) is 1. The highest BCUT2D eigenvalue weighted by atomic mass is 35.5. The number of benzene rings is 2. The van der Waals surface area contributed by atoms with E-state index in [9.17, 15) is 13.6 Å². The quantitative estimate of drug-likeness (QED) is 0.204. The van der Waals surface area contributed by atoms with Gasteiger partial charge in [-0.25, -0.2) is 4.98 Å². The van der Waals surface area contributed by atoms with Crippen LogP contribution in [0.15, 0.2) is 59.8 Å². The van der Waals surface area contributed by atoms with E-state index in [-0.39, 0.29) is 23.9 Å². The summed E-state index contributed by atoms with van der Waals surface area (Å²) in [6, 6.07) is 15.1. The van der Waals surface area contributed by atoms with Crippen LogP contribution < -0.4 is 9.47 Å². The van der Waals surface area contributed by atoms with E-state index in [2.05, 4.69) is 19.9 Å². The number of carbonyl (C=O) groups is 1. The number of ketones is 1. The SMILES string of the molecule is Cc1cc(C(=O)CSc2n[nH]c(COc3ccc(Cl)cc3)n2)c(C)n1-c1ccc(OC(F)F)cc1. The Morgan fingerprint density at radius 1 is 1.11 bits per heavy atom. The molecular formula is C24H21ClF2N4O3S. The number of nitrogens with zero attached hydrogens (tertiary/aromatic N) is 3. The zero-order chi connectivity index (χ0) is 24.9. The molecule has 0 aliphatic carbocycles. The van der Waals surface area contributed by atoms with Gasteiger partial charge in [-0.05, 0) is 68.4 Å². The number of alkyl halides is 2. The maximum Gasteiger partial charge on any atom is 0.387 e. The van der Waals surface area contributed by atoms with E-state index in [0.29, 0.717) is 27.3 Å². The number of ether oxygens (including phenoxy) is 2. The number of nitrogens with one attached hydrogen (secondary N) is 1. The van der Waals surface area contributed by atoms with E-state index in [1.165, 1.54) is 23.9 Å². The number of rotatable bonds is 10. The summed E-state index contributed by atoms with van der Waals surface area (Å²) in [6.45, 7) is 1.04. The molecule has 35 heavy (non-hydrogen) atoms. The average Bonchev–Trinajstić information content (AvgIpc) is 3.41. The lowest BCUT2D eigenvalue weighted by molar-refractivity contribution is -0.0498. The van der Waals surface area contributed by atoms with Crippen molar-refractivity contribution in [3.05, 3.63) is 82.4 Å². The van der Waals surface area contributed by atoms with Gasteiger partial charge in [0.2, 0.25) is 5.16 Å². The van der Waals surface area contributed by atoms with Gasteiger partial charge in [0, 0.05) is 27.7 Å². The molecule has 0 radical (unpaired) electrons. The fourth-order valence-corrected chi connectivity index (χ4v) is 4.34. The molecule has 2 heterocycles. The third-order valence-corrected chi connectivity index (χ3v) is 6.18. The second kappa shape index (κ2) is 10.9. The lowest BCUT2D eigenvalue weighted by Crippen LogP contribution is -2.06. The molecule has 0 spiro atoms. The van der Waals surface area contributed by atoms with Crippen LogP contribution in [0.3, 0.4) is 0 Å². The summed E-state index contributed by atoms with van der Waals surface area (Å²) >= 11 is 7.09. The highest BCUT2D eigenvalue weighted by molar-refractivity contribution is 7.99. The van der Waals surface area contributed by atoms with E-state index in [1.54, 1.807) is 36.4 Å². The predicted octanol–water partition coefficient (Wildman–Crippen LogP) is 6.02. The number of aromatic amines is 1. The van der Waals surface area contributed by atoms with Gasteiger partial charge in [0.1, 0.15) is 18.1 Å². The van der Waals surface area contributed by atoms with Crippen LogP contribution in [0.4, 0.5) is 8.78 Å². The monoisotopic (exact) mass is 518 g/mol. The number of hydrogen-bond acceptors (Lipinski definition) is 6. The molecule has 4 aromatic rings. The maximum atomic E-state index is 12.9. The highest BCUT2D eigenvalue weighted by Gasteiger charge is 2.18. The van der Waals surface area contributed by atoms with Gasteiger partial charge in [-0.2, -0.15) is 8.78 Å². The molecule has 7 nitrogen and oxygen atoms in total. The molecule has 0 amide bonds. The molecule has 0 atom stereocenters. The summed E-state index contributed by atoms with van der Waals surface area (Å²) in [6.07, 6.45) is 0. The van der Waals surface area contributed by atoms with Crippen LogP contribution in [0.1, 0.15) is 27.6 Å². The second-order valence-corrected chi connectivity index (χ2v) is 8.89. The number of Topliss-reactive ketones (excluding diaryl/α,β-unsaturated/α-hetero) is 1. The van der Waals surface area contributed by atoms with Gasteiger partial charge in [0.25, 0.3) is 0 Å². The van der Waals surface area contributed by atoms with Gasteiger partial charge in [0.05, 0.1) is 5.75 Å². The van der Waals surface area contributed by atoms with Crippen molar-refractivity contribution in [2.45, 2.75) is 32.2 Å². The van der Waals surface area contributed by atoms with Gasteiger partial charge in [-0.1, -0.05) is 23.4 Å². The van der Waals surface area contributed by atoms with E-state index in [4.69, 9.17) is 16.3 Å². The molecule has 1 N–H and O–H groups in total. The molecule has 0 saturated heterocycles. The normalized spacial score (nSPS) is 11.1. The van der Waals surface area contributed by atoms with Crippen LogP contribution in [0.5, 0.6) is 11.5 Å². The first-order chi connectivity index (χ1) is 16.8. The number of thioether (sulfide) groups is 1. The first-order valence-electron chi connectivity index (χ1n) is 10.5. The highest BCUT2D eigenvalue weighted by Crippen LogP contribution is 2.25. The average molecular weight is 519 g/mol. The number of aromatic nitrogens is 4. The Morgan fingerprint density at radius 2 is 1.80 bits per heavy atom. The standard InChI is InChI=1S/C24H21ClF2N4O3S/c1-14-11-20(15(2)31(14)17-5-9-19(10-6-17)34-23(26)27)21(32)13-35-24-28-22(29-30-24)12-33-18-7-3-16(25)4-8-18/h3-11,23H,12-13H2,1-2H3,(H,28,29,30). The van der Waals surface area contributed by atoms with Crippen LogP contribution in [0.25, 0.3) is 5.69 Å². The van der Waals surface area contributed by atoms with Gasteiger partial charge in [0.15, 0.2) is 11.6 Å². The van der Waals surface area contributed by atoms with Crippen molar-refractivity contribution in [2.24, 2.45) is 0 Å².